The molecule has 1 aromatic carbocycles. The van der Waals surface area contributed by atoms with Gasteiger partial charge in [-0.05, 0) is 25.5 Å². The van der Waals surface area contributed by atoms with Gasteiger partial charge in [-0.1, -0.05) is 18.2 Å². The Bertz CT molecular complexity index is 726. The lowest BCUT2D eigenvalue weighted by molar-refractivity contribution is -0.122. The van der Waals surface area contributed by atoms with Crippen LogP contribution in [-0.2, 0) is 9.59 Å². The minimum atomic E-state index is -0.337. The molecule has 1 fully saturated rings. The van der Waals surface area contributed by atoms with Crippen molar-refractivity contribution in [3.8, 4) is 0 Å². The molecule has 2 aromatic rings. The van der Waals surface area contributed by atoms with E-state index < -0.39 is 0 Å². The van der Waals surface area contributed by atoms with E-state index in [1.807, 2.05) is 38.1 Å². The number of aryl methyl sites for hydroxylation is 2. The van der Waals surface area contributed by atoms with Crippen molar-refractivity contribution in [1.29, 1.82) is 0 Å². The Labute approximate surface area is 133 Å². The van der Waals surface area contributed by atoms with Gasteiger partial charge in [0.1, 0.15) is 0 Å². The van der Waals surface area contributed by atoms with Crippen molar-refractivity contribution in [3.63, 3.8) is 0 Å². The first kappa shape index (κ1) is 14.7. The van der Waals surface area contributed by atoms with Crippen LogP contribution < -0.4 is 10.2 Å². The lowest BCUT2D eigenvalue weighted by atomic mass is 10.1. The van der Waals surface area contributed by atoms with Crippen molar-refractivity contribution >= 4 is 34.0 Å². The largest absolute Gasteiger partial charge is 0.311 e. The zero-order valence-electron chi connectivity index (χ0n) is 12.5. The summed E-state index contributed by atoms with van der Waals surface area (Å²) in [7, 11) is 0. The Morgan fingerprint density at radius 2 is 2.14 bits per heavy atom. The molecule has 1 unspecified atom stereocenters. The topological polar surface area (TPSA) is 62.3 Å². The van der Waals surface area contributed by atoms with Crippen LogP contribution in [-0.4, -0.2) is 23.3 Å². The molecule has 1 aliphatic heterocycles. The highest BCUT2D eigenvalue weighted by Gasteiger charge is 2.35. The molecular formula is C16H17N3O2S. The first-order valence-corrected chi connectivity index (χ1v) is 7.95. The first-order chi connectivity index (χ1) is 10.5. The van der Waals surface area contributed by atoms with E-state index in [9.17, 15) is 9.59 Å². The van der Waals surface area contributed by atoms with Crippen LogP contribution in [0.3, 0.4) is 0 Å². The molecule has 22 heavy (non-hydrogen) atoms. The minimum absolute atomic E-state index is 0.00947. The van der Waals surface area contributed by atoms with Gasteiger partial charge >= 0.3 is 0 Å². The highest BCUT2D eigenvalue weighted by Crippen LogP contribution is 2.28. The van der Waals surface area contributed by atoms with E-state index in [4.69, 9.17) is 0 Å². The van der Waals surface area contributed by atoms with Crippen molar-refractivity contribution in [2.24, 2.45) is 5.92 Å². The third kappa shape index (κ3) is 2.87. The SMILES string of the molecule is Cc1cnc(NC(=O)C2CC(=O)N(c3ccccc3C)C2)s1. The summed E-state index contributed by atoms with van der Waals surface area (Å²) in [6, 6.07) is 7.72. The molecule has 1 atom stereocenters. The predicted molar refractivity (Wildman–Crippen MR) is 87.1 cm³/mol. The van der Waals surface area contributed by atoms with E-state index in [1.54, 1.807) is 11.1 Å². The number of thiazole rings is 1. The van der Waals surface area contributed by atoms with Crippen molar-refractivity contribution in [3.05, 3.63) is 40.9 Å². The molecule has 1 aliphatic rings. The molecule has 0 spiro atoms. The molecule has 0 bridgehead atoms. The number of rotatable bonds is 3. The van der Waals surface area contributed by atoms with E-state index in [-0.39, 0.29) is 24.2 Å². The maximum Gasteiger partial charge on any atom is 0.231 e. The standard InChI is InChI=1S/C16H17N3O2S/c1-10-5-3-4-6-13(10)19-9-12(7-14(19)20)15(21)18-16-17-8-11(2)22-16/h3-6,8,12H,7,9H2,1-2H3,(H,17,18,21). The van der Waals surface area contributed by atoms with E-state index in [2.05, 4.69) is 10.3 Å². The molecule has 5 nitrogen and oxygen atoms in total. The van der Waals surface area contributed by atoms with Crippen LogP contribution in [0.1, 0.15) is 16.9 Å². The molecule has 1 aromatic heterocycles. The molecule has 0 aliphatic carbocycles. The Hall–Kier alpha value is -2.21. The monoisotopic (exact) mass is 315 g/mol. The van der Waals surface area contributed by atoms with Gasteiger partial charge in [-0.2, -0.15) is 0 Å². The smallest absolute Gasteiger partial charge is 0.231 e. The third-order valence-corrected chi connectivity index (χ3v) is 4.58. The highest BCUT2D eigenvalue weighted by molar-refractivity contribution is 7.15. The van der Waals surface area contributed by atoms with Crippen molar-refractivity contribution in [2.45, 2.75) is 20.3 Å². The van der Waals surface area contributed by atoms with Crippen LogP contribution in [0.2, 0.25) is 0 Å². The van der Waals surface area contributed by atoms with Gasteiger partial charge < -0.3 is 10.2 Å². The minimum Gasteiger partial charge on any atom is -0.311 e. The van der Waals surface area contributed by atoms with Crippen LogP contribution >= 0.6 is 11.3 Å². The molecule has 114 valence electrons. The summed E-state index contributed by atoms with van der Waals surface area (Å²) < 4.78 is 0. The van der Waals surface area contributed by atoms with Crippen LogP contribution in [0.5, 0.6) is 0 Å². The number of benzene rings is 1. The number of carbonyl (C=O) groups is 2. The van der Waals surface area contributed by atoms with Crippen molar-refractivity contribution < 1.29 is 9.59 Å². The van der Waals surface area contributed by atoms with Gasteiger partial charge in [-0.15, -0.1) is 11.3 Å². The molecule has 1 N–H and O–H groups in total. The number of anilines is 2. The molecule has 0 radical (unpaired) electrons. The van der Waals surface area contributed by atoms with Gasteiger partial charge in [0.15, 0.2) is 5.13 Å². The number of nitrogens with zero attached hydrogens (tertiary/aromatic N) is 2. The number of aromatic nitrogens is 1. The van der Waals surface area contributed by atoms with E-state index in [0.29, 0.717) is 11.7 Å². The Balaban J connectivity index is 1.71. The van der Waals surface area contributed by atoms with Gasteiger partial charge in [-0.25, -0.2) is 4.98 Å². The van der Waals surface area contributed by atoms with Gasteiger partial charge in [0.05, 0.1) is 5.92 Å². The maximum absolute atomic E-state index is 12.3. The fourth-order valence-electron chi connectivity index (χ4n) is 2.60. The second kappa shape index (κ2) is 5.88. The number of hydrogen-bond donors (Lipinski definition) is 1. The number of hydrogen-bond acceptors (Lipinski definition) is 4. The van der Waals surface area contributed by atoms with Crippen molar-refractivity contribution in [2.75, 3.05) is 16.8 Å². The molecular weight excluding hydrogens is 298 g/mol. The third-order valence-electron chi connectivity index (χ3n) is 3.75. The van der Waals surface area contributed by atoms with E-state index in [1.165, 1.54) is 11.3 Å². The van der Waals surface area contributed by atoms with E-state index in [0.717, 1.165) is 16.1 Å². The Kier molecular flexibility index (Phi) is 3.94. The number of amides is 2. The molecule has 0 saturated carbocycles. The summed E-state index contributed by atoms with van der Waals surface area (Å²) >= 11 is 1.43. The fraction of sp³-hybridized carbons (Fsp3) is 0.312. The van der Waals surface area contributed by atoms with Gasteiger partial charge in [0.25, 0.3) is 0 Å². The molecule has 6 heteroatoms. The number of carbonyl (C=O) groups excluding carboxylic acids is 2. The summed E-state index contributed by atoms with van der Waals surface area (Å²) in [6.07, 6.45) is 1.96. The summed E-state index contributed by atoms with van der Waals surface area (Å²) in [6.45, 7) is 4.32. The zero-order valence-corrected chi connectivity index (χ0v) is 13.3. The Morgan fingerprint density at radius 1 is 1.36 bits per heavy atom. The average Bonchev–Trinajstić information content (AvgIpc) is 3.06. The normalized spacial score (nSPS) is 17.8. The molecule has 3 rings (SSSR count). The van der Waals surface area contributed by atoms with Crippen LogP contribution in [0.15, 0.2) is 30.5 Å². The van der Waals surface area contributed by atoms with Gasteiger partial charge in [-0.3, -0.25) is 9.59 Å². The maximum atomic E-state index is 12.3. The summed E-state index contributed by atoms with van der Waals surface area (Å²) in [4.78, 5) is 31.4. The quantitative estimate of drug-likeness (QED) is 0.947. The lowest BCUT2D eigenvalue weighted by Gasteiger charge is -2.18. The summed E-state index contributed by atoms with van der Waals surface area (Å²) in [5.74, 6) is -0.486. The van der Waals surface area contributed by atoms with Gasteiger partial charge in [0, 0.05) is 29.7 Å². The zero-order chi connectivity index (χ0) is 15.7. The van der Waals surface area contributed by atoms with Gasteiger partial charge in [0.2, 0.25) is 11.8 Å². The van der Waals surface area contributed by atoms with Crippen molar-refractivity contribution in [1.82, 2.24) is 4.98 Å². The second-order valence-electron chi connectivity index (χ2n) is 5.46. The summed E-state index contributed by atoms with van der Waals surface area (Å²) in [5, 5.41) is 3.39. The lowest BCUT2D eigenvalue weighted by Crippen LogP contribution is -2.28. The second-order valence-corrected chi connectivity index (χ2v) is 6.69. The first-order valence-electron chi connectivity index (χ1n) is 7.14. The predicted octanol–water partition coefficient (Wildman–Crippen LogP) is 2.75. The fourth-order valence-corrected chi connectivity index (χ4v) is 3.27. The molecule has 2 heterocycles. The molecule has 1 saturated heterocycles. The average molecular weight is 315 g/mol. The highest BCUT2D eigenvalue weighted by atomic mass is 32.1. The number of nitrogens with one attached hydrogen (secondary N) is 1. The summed E-state index contributed by atoms with van der Waals surface area (Å²) in [5.41, 5.74) is 1.92. The Morgan fingerprint density at radius 3 is 2.82 bits per heavy atom. The van der Waals surface area contributed by atoms with Crippen LogP contribution in [0.25, 0.3) is 0 Å². The van der Waals surface area contributed by atoms with E-state index >= 15 is 0 Å². The van der Waals surface area contributed by atoms with Crippen LogP contribution in [0, 0.1) is 19.8 Å². The van der Waals surface area contributed by atoms with Crippen LogP contribution in [0.4, 0.5) is 10.8 Å². The number of para-hydroxylation sites is 1. The molecule has 2 amide bonds.